The molecule has 30 heavy (non-hydrogen) atoms. The number of hydrogen-bond acceptors (Lipinski definition) is 6. The third-order valence-corrected chi connectivity index (χ3v) is 5.18. The zero-order valence-corrected chi connectivity index (χ0v) is 17.6. The van der Waals surface area contributed by atoms with Crippen molar-refractivity contribution < 1.29 is 4.52 Å². The Kier molecular flexibility index (Phi) is 6.44. The fourth-order valence-corrected chi connectivity index (χ4v) is 3.60. The number of halogens is 1. The van der Waals surface area contributed by atoms with Crippen molar-refractivity contribution >= 4 is 23.2 Å². The number of pyridine rings is 1. The fourth-order valence-electron chi connectivity index (χ4n) is 3.42. The molecule has 3 heterocycles. The number of anilines is 1. The largest absolute Gasteiger partial charge is 0.368 e. The van der Waals surface area contributed by atoms with E-state index in [1.54, 1.807) is 13.2 Å². The average Bonchev–Trinajstić information content (AvgIpc) is 3.27. The highest BCUT2D eigenvalue weighted by atomic mass is 35.5. The molecule has 1 saturated heterocycles. The molecule has 3 aromatic rings. The van der Waals surface area contributed by atoms with Gasteiger partial charge in [0.05, 0.1) is 0 Å². The van der Waals surface area contributed by atoms with Gasteiger partial charge in [0.2, 0.25) is 0 Å². The van der Waals surface area contributed by atoms with Crippen molar-refractivity contribution in [1.29, 1.82) is 0 Å². The summed E-state index contributed by atoms with van der Waals surface area (Å²) in [6.07, 6.45) is 2.34. The minimum atomic E-state index is 0.437. The van der Waals surface area contributed by atoms with Gasteiger partial charge in [-0.05, 0) is 30.3 Å². The van der Waals surface area contributed by atoms with Gasteiger partial charge in [0.15, 0.2) is 11.8 Å². The Morgan fingerprint density at radius 3 is 2.77 bits per heavy atom. The summed E-state index contributed by atoms with van der Waals surface area (Å²) in [7, 11) is 1.80. The van der Waals surface area contributed by atoms with Crippen LogP contribution in [0.2, 0.25) is 5.02 Å². The number of piperazine rings is 1. The van der Waals surface area contributed by atoms with Crippen molar-refractivity contribution in [2.45, 2.75) is 6.42 Å². The van der Waals surface area contributed by atoms with Crippen molar-refractivity contribution in [1.82, 2.24) is 25.3 Å². The molecule has 1 aliphatic rings. The monoisotopic (exact) mass is 425 g/mol. The Labute approximate surface area is 180 Å². The first-order valence-electron chi connectivity index (χ1n) is 9.93. The van der Waals surface area contributed by atoms with E-state index < -0.39 is 0 Å². The normalized spacial score (nSPS) is 14.8. The lowest BCUT2D eigenvalue weighted by atomic mass is 10.2. The highest BCUT2D eigenvalue weighted by Gasteiger charge is 2.20. The summed E-state index contributed by atoms with van der Waals surface area (Å²) in [5.74, 6) is 1.96. The van der Waals surface area contributed by atoms with E-state index in [1.807, 2.05) is 36.4 Å². The van der Waals surface area contributed by atoms with Gasteiger partial charge in [-0.1, -0.05) is 28.9 Å². The number of aliphatic imine (C=N–C) groups is 1. The Balaban J connectivity index is 1.26. The first-order chi connectivity index (χ1) is 14.7. The van der Waals surface area contributed by atoms with Gasteiger partial charge in [0.25, 0.3) is 5.89 Å². The van der Waals surface area contributed by atoms with Crippen LogP contribution in [0.4, 0.5) is 5.69 Å². The van der Waals surface area contributed by atoms with Gasteiger partial charge in [0, 0.05) is 63.1 Å². The lowest BCUT2D eigenvalue weighted by Gasteiger charge is -2.37. The summed E-state index contributed by atoms with van der Waals surface area (Å²) in [6, 6.07) is 13.6. The SMILES string of the molecule is CN=C(NCCc1noc(-c2ccccn2)n1)N1CCN(c2cccc(Cl)c2)CC1. The van der Waals surface area contributed by atoms with Gasteiger partial charge in [-0.3, -0.25) is 9.98 Å². The summed E-state index contributed by atoms with van der Waals surface area (Å²) in [5.41, 5.74) is 1.84. The van der Waals surface area contributed by atoms with E-state index in [-0.39, 0.29) is 0 Å². The fraction of sp³-hybridized carbons (Fsp3) is 0.333. The van der Waals surface area contributed by atoms with E-state index >= 15 is 0 Å². The topological polar surface area (TPSA) is 82.7 Å². The van der Waals surface area contributed by atoms with Gasteiger partial charge in [-0.2, -0.15) is 4.98 Å². The van der Waals surface area contributed by atoms with E-state index in [0.717, 1.165) is 42.8 Å². The molecule has 0 radical (unpaired) electrons. The van der Waals surface area contributed by atoms with Gasteiger partial charge < -0.3 is 19.6 Å². The zero-order chi connectivity index (χ0) is 20.8. The third-order valence-electron chi connectivity index (χ3n) is 4.95. The smallest absolute Gasteiger partial charge is 0.276 e. The number of aromatic nitrogens is 3. The molecule has 1 N–H and O–H groups in total. The molecule has 2 aromatic heterocycles. The van der Waals surface area contributed by atoms with Crippen LogP contribution < -0.4 is 10.2 Å². The van der Waals surface area contributed by atoms with Crippen LogP contribution in [0.25, 0.3) is 11.6 Å². The van der Waals surface area contributed by atoms with Crippen LogP contribution in [0.3, 0.4) is 0 Å². The molecule has 0 spiro atoms. The molecule has 0 bridgehead atoms. The van der Waals surface area contributed by atoms with Crippen molar-refractivity contribution in [2.75, 3.05) is 44.7 Å². The number of guanidine groups is 1. The van der Waals surface area contributed by atoms with Crippen LogP contribution in [0, 0.1) is 0 Å². The average molecular weight is 426 g/mol. The quantitative estimate of drug-likeness (QED) is 0.497. The minimum Gasteiger partial charge on any atom is -0.368 e. The number of nitrogens with one attached hydrogen (secondary N) is 1. The summed E-state index contributed by atoms with van der Waals surface area (Å²) in [4.78, 5) is 17.7. The molecule has 156 valence electrons. The first-order valence-corrected chi connectivity index (χ1v) is 10.3. The first kappa shape index (κ1) is 20.2. The molecule has 9 heteroatoms. The van der Waals surface area contributed by atoms with Gasteiger partial charge in [-0.15, -0.1) is 0 Å². The second-order valence-electron chi connectivity index (χ2n) is 6.91. The van der Waals surface area contributed by atoms with Crippen molar-refractivity contribution in [3.05, 3.63) is 59.5 Å². The predicted molar refractivity (Wildman–Crippen MR) is 118 cm³/mol. The summed E-state index contributed by atoms with van der Waals surface area (Å²) in [6.45, 7) is 4.28. The van der Waals surface area contributed by atoms with Crippen molar-refractivity contribution in [3.8, 4) is 11.6 Å². The molecule has 0 aliphatic carbocycles. The summed E-state index contributed by atoms with van der Waals surface area (Å²) < 4.78 is 5.31. The summed E-state index contributed by atoms with van der Waals surface area (Å²) >= 11 is 6.12. The standard InChI is InChI=1S/C21H24ClN7O/c1-23-21(29-13-11-28(12-14-29)17-6-4-5-16(22)15-17)25-10-8-19-26-20(30-27-19)18-7-2-3-9-24-18/h2-7,9,15H,8,10-14H2,1H3,(H,23,25). The zero-order valence-electron chi connectivity index (χ0n) is 16.8. The van der Waals surface area contributed by atoms with Crippen LogP contribution in [0.5, 0.6) is 0 Å². The highest BCUT2D eigenvalue weighted by molar-refractivity contribution is 6.30. The molecule has 1 fully saturated rings. The maximum Gasteiger partial charge on any atom is 0.276 e. The maximum absolute atomic E-state index is 6.12. The molecular formula is C21H24ClN7O. The highest BCUT2D eigenvalue weighted by Crippen LogP contribution is 2.20. The molecule has 0 unspecified atom stereocenters. The van der Waals surface area contributed by atoms with E-state index in [4.69, 9.17) is 16.1 Å². The maximum atomic E-state index is 6.12. The lowest BCUT2D eigenvalue weighted by Crippen LogP contribution is -2.52. The van der Waals surface area contributed by atoms with Gasteiger partial charge in [0.1, 0.15) is 5.69 Å². The number of hydrogen-bond donors (Lipinski definition) is 1. The molecule has 8 nitrogen and oxygen atoms in total. The molecular weight excluding hydrogens is 402 g/mol. The number of rotatable bonds is 5. The molecule has 1 aromatic carbocycles. The van der Waals surface area contributed by atoms with E-state index in [9.17, 15) is 0 Å². The van der Waals surface area contributed by atoms with Gasteiger partial charge in [-0.25, -0.2) is 0 Å². The van der Waals surface area contributed by atoms with Crippen LogP contribution in [0.1, 0.15) is 5.82 Å². The Morgan fingerprint density at radius 2 is 2.03 bits per heavy atom. The van der Waals surface area contributed by atoms with Crippen molar-refractivity contribution in [3.63, 3.8) is 0 Å². The van der Waals surface area contributed by atoms with Crippen molar-refractivity contribution in [2.24, 2.45) is 4.99 Å². The Bertz CT molecular complexity index is 984. The van der Waals surface area contributed by atoms with E-state index in [2.05, 4.69) is 41.3 Å². The Hall–Kier alpha value is -3.13. The minimum absolute atomic E-state index is 0.437. The lowest BCUT2D eigenvalue weighted by molar-refractivity contribution is 0.372. The summed E-state index contributed by atoms with van der Waals surface area (Å²) in [5, 5.41) is 8.20. The van der Waals surface area contributed by atoms with E-state index in [1.165, 1.54) is 0 Å². The molecule has 1 aliphatic heterocycles. The van der Waals surface area contributed by atoms with Gasteiger partial charge >= 0.3 is 0 Å². The molecule has 0 saturated carbocycles. The second kappa shape index (κ2) is 9.58. The Morgan fingerprint density at radius 1 is 1.17 bits per heavy atom. The van der Waals surface area contributed by atoms with E-state index in [0.29, 0.717) is 30.4 Å². The van der Waals surface area contributed by atoms with Crippen LogP contribution in [-0.2, 0) is 6.42 Å². The number of nitrogens with zero attached hydrogens (tertiary/aromatic N) is 6. The van der Waals surface area contributed by atoms with Crippen LogP contribution in [0.15, 0.2) is 58.2 Å². The molecule has 0 amide bonds. The molecule has 4 rings (SSSR count). The predicted octanol–water partition coefficient (Wildman–Crippen LogP) is 2.73. The van der Waals surface area contributed by atoms with Crippen LogP contribution in [-0.4, -0.2) is 65.8 Å². The second-order valence-corrected chi connectivity index (χ2v) is 7.35. The molecule has 0 atom stereocenters. The third kappa shape index (κ3) is 4.88. The number of benzene rings is 1. The van der Waals surface area contributed by atoms with Crippen LogP contribution >= 0.6 is 11.6 Å².